The van der Waals surface area contributed by atoms with Crippen molar-refractivity contribution in [3.63, 3.8) is 0 Å². The zero-order chi connectivity index (χ0) is 31.1. The van der Waals surface area contributed by atoms with Crippen LogP contribution in [0, 0.1) is 5.41 Å². The van der Waals surface area contributed by atoms with E-state index in [9.17, 15) is 0 Å². The number of fused-ring (bicyclic) bond motifs is 8. The van der Waals surface area contributed by atoms with Crippen LogP contribution in [0.25, 0.3) is 0 Å². The molecule has 0 fully saturated rings. The smallest absolute Gasteiger partial charge is 0.178 e. The number of rotatable bonds is 5. The molecule has 0 N–H and O–H groups in total. The SMILES string of the molecule is C=CCC1(C)c2ccccc2N2c3nc(C(C)(C)c4cccc5c4OC4C=CC=CC54)cnc3N(c3ccccc3)C2C1(C)C. The third-order valence-corrected chi connectivity index (χ3v) is 11.2. The lowest BCUT2D eigenvalue weighted by Crippen LogP contribution is -2.61. The summed E-state index contributed by atoms with van der Waals surface area (Å²) in [7, 11) is 0. The fourth-order valence-electron chi connectivity index (χ4n) is 8.24. The van der Waals surface area contributed by atoms with Gasteiger partial charge in [-0.1, -0.05) is 99.7 Å². The molecule has 0 saturated heterocycles. The minimum atomic E-state index is -0.452. The van der Waals surface area contributed by atoms with Crippen LogP contribution in [0.1, 0.15) is 69.3 Å². The van der Waals surface area contributed by atoms with Crippen molar-refractivity contribution in [3.05, 3.63) is 138 Å². The third-order valence-electron chi connectivity index (χ3n) is 11.2. The molecule has 4 aliphatic rings. The number of benzene rings is 3. The number of anilines is 4. The molecular formula is C40H40N4O. The van der Waals surface area contributed by atoms with Gasteiger partial charge in [-0.15, -0.1) is 6.58 Å². The molecule has 4 atom stereocenters. The lowest BCUT2D eigenvalue weighted by Gasteiger charge is -2.57. The van der Waals surface area contributed by atoms with E-state index in [1.807, 2.05) is 6.20 Å². The Labute approximate surface area is 266 Å². The Morgan fingerprint density at radius 2 is 1.64 bits per heavy atom. The Balaban J connectivity index is 1.33. The summed E-state index contributed by atoms with van der Waals surface area (Å²) in [6.45, 7) is 15.9. The molecule has 0 amide bonds. The van der Waals surface area contributed by atoms with Crippen molar-refractivity contribution in [2.45, 2.75) is 70.1 Å². The van der Waals surface area contributed by atoms with Gasteiger partial charge in [-0.05, 0) is 50.1 Å². The van der Waals surface area contributed by atoms with Gasteiger partial charge in [-0.25, -0.2) is 9.97 Å². The van der Waals surface area contributed by atoms with Gasteiger partial charge >= 0.3 is 0 Å². The zero-order valence-electron chi connectivity index (χ0n) is 26.7. The van der Waals surface area contributed by atoms with E-state index in [4.69, 9.17) is 14.7 Å². The van der Waals surface area contributed by atoms with Crippen molar-refractivity contribution < 1.29 is 4.74 Å². The Bertz CT molecular complexity index is 1890. The molecule has 4 aromatic rings. The molecule has 3 aromatic carbocycles. The predicted octanol–water partition coefficient (Wildman–Crippen LogP) is 9.26. The maximum Gasteiger partial charge on any atom is 0.178 e. The minimum Gasteiger partial charge on any atom is -0.485 e. The predicted molar refractivity (Wildman–Crippen MR) is 183 cm³/mol. The molecular weight excluding hydrogens is 552 g/mol. The number of nitrogens with zero attached hydrogens (tertiary/aromatic N) is 4. The summed E-state index contributed by atoms with van der Waals surface area (Å²) in [5.74, 6) is 2.99. The topological polar surface area (TPSA) is 41.5 Å². The zero-order valence-corrected chi connectivity index (χ0v) is 26.7. The van der Waals surface area contributed by atoms with Gasteiger partial charge in [0.25, 0.3) is 0 Å². The Hall–Kier alpha value is -4.64. The van der Waals surface area contributed by atoms with Crippen LogP contribution in [-0.4, -0.2) is 22.2 Å². The number of hydrogen-bond acceptors (Lipinski definition) is 5. The minimum absolute atomic E-state index is 0.0326. The van der Waals surface area contributed by atoms with Crippen LogP contribution < -0.4 is 14.5 Å². The van der Waals surface area contributed by atoms with Crippen LogP contribution in [0.4, 0.5) is 23.0 Å². The summed E-state index contributed by atoms with van der Waals surface area (Å²) in [6.07, 6.45) is 13.5. The maximum absolute atomic E-state index is 6.61. The first-order valence-corrected chi connectivity index (χ1v) is 16.0. The molecule has 1 aliphatic carbocycles. The van der Waals surface area contributed by atoms with Gasteiger partial charge in [-0.3, -0.25) is 0 Å². The lowest BCUT2D eigenvalue weighted by atomic mass is 9.57. The van der Waals surface area contributed by atoms with Gasteiger partial charge in [0.2, 0.25) is 0 Å². The Morgan fingerprint density at radius 3 is 2.44 bits per heavy atom. The van der Waals surface area contributed by atoms with Crippen molar-refractivity contribution in [2.75, 3.05) is 9.80 Å². The summed E-state index contributed by atoms with van der Waals surface area (Å²) in [5.41, 5.74) is 6.08. The van der Waals surface area contributed by atoms with E-state index < -0.39 is 5.41 Å². The number of allylic oxidation sites excluding steroid dienone is 3. The molecule has 226 valence electrons. The van der Waals surface area contributed by atoms with Crippen molar-refractivity contribution in [3.8, 4) is 5.75 Å². The highest BCUT2D eigenvalue weighted by Crippen LogP contribution is 2.62. The summed E-state index contributed by atoms with van der Waals surface area (Å²) in [5, 5.41) is 0. The Kier molecular flexibility index (Phi) is 6.00. The number of ether oxygens (including phenoxy) is 1. The van der Waals surface area contributed by atoms with Gasteiger partial charge in [0.15, 0.2) is 11.6 Å². The maximum atomic E-state index is 6.61. The number of aromatic nitrogens is 2. The van der Waals surface area contributed by atoms with E-state index >= 15 is 0 Å². The number of para-hydroxylation sites is 3. The molecule has 5 heteroatoms. The summed E-state index contributed by atoms with van der Waals surface area (Å²) in [6, 6.07) is 26.0. The monoisotopic (exact) mass is 592 g/mol. The van der Waals surface area contributed by atoms with Crippen molar-refractivity contribution in [2.24, 2.45) is 5.41 Å². The van der Waals surface area contributed by atoms with Crippen LogP contribution in [-0.2, 0) is 10.8 Å². The van der Waals surface area contributed by atoms with E-state index in [0.717, 1.165) is 40.8 Å². The fourth-order valence-corrected chi connectivity index (χ4v) is 8.24. The molecule has 45 heavy (non-hydrogen) atoms. The first-order chi connectivity index (χ1) is 21.7. The molecule has 0 spiro atoms. The van der Waals surface area contributed by atoms with E-state index in [2.05, 4.69) is 154 Å². The molecule has 1 aromatic heterocycles. The third kappa shape index (κ3) is 3.73. The van der Waals surface area contributed by atoms with Crippen LogP contribution >= 0.6 is 0 Å². The van der Waals surface area contributed by atoms with Crippen molar-refractivity contribution >= 4 is 23.0 Å². The average Bonchev–Trinajstić information content (AvgIpc) is 3.61. The quantitative estimate of drug-likeness (QED) is 0.216. The normalized spacial score (nSPS) is 25.1. The molecule has 0 bridgehead atoms. The van der Waals surface area contributed by atoms with Gasteiger partial charge in [0, 0.05) is 44.7 Å². The second kappa shape index (κ2) is 9.68. The molecule has 0 radical (unpaired) electrons. The highest BCUT2D eigenvalue weighted by atomic mass is 16.5. The standard InChI is InChI=1S/C40H40N4O/c1-7-24-40(6)29-20-12-13-22-31(29)44-36-35(43(37(44)39(40,4)5)26-16-9-8-10-17-26)41-25-33(42-36)38(2,3)30-21-15-19-28-27-18-11-14-23-32(27)45-34(28)30/h7-23,25,27,32,37H,1,24H2,2-6H3. The van der Waals surface area contributed by atoms with Gasteiger partial charge in [-0.2, -0.15) is 0 Å². The van der Waals surface area contributed by atoms with Crippen LogP contribution in [0.2, 0.25) is 0 Å². The summed E-state index contributed by atoms with van der Waals surface area (Å²) >= 11 is 0. The molecule has 8 rings (SSSR count). The second-order valence-corrected chi connectivity index (χ2v) is 14.1. The first kappa shape index (κ1) is 27.9. The van der Waals surface area contributed by atoms with E-state index in [1.54, 1.807) is 0 Å². The van der Waals surface area contributed by atoms with Gasteiger partial charge in [0.05, 0.1) is 11.9 Å². The van der Waals surface area contributed by atoms with E-state index in [1.165, 1.54) is 16.8 Å². The summed E-state index contributed by atoms with van der Waals surface area (Å²) in [4.78, 5) is 15.7. The molecule has 4 heterocycles. The highest BCUT2D eigenvalue weighted by molar-refractivity contribution is 5.87. The number of hydrogen-bond donors (Lipinski definition) is 0. The molecule has 0 saturated carbocycles. The van der Waals surface area contributed by atoms with Crippen molar-refractivity contribution in [1.82, 2.24) is 9.97 Å². The van der Waals surface area contributed by atoms with Crippen LogP contribution in [0.5, 0.6) is 5.75 Å². The van der Waals surface area contributed by atoms with Crippen LogP contribution in [0.3, 0.4) is 0 Å². The highest BCUT2D eigenvalue weighted by Gasteiger charge is 2.60. The first-order valence-electron chi connectivity index (χ1n) is 16.0. The van der Waals surface area contributed by atoms with Crippen molar-refractivity contribution in [1.29, 1.82) is 0 Å². The fraction of sp³-hybridized carbons (Fsp3) is 0.300. The lowest BCUT2D eigenvalue weighted by molar-refractivity contribution is 0.131. The second-order valence-electron chi connectivity index (χ2n) is 14.1. The van der Waals surface area contributed by atoms with Gasteiger partial charge in [0.1, 0.15) is 18.0 Å². The Morgan fingerprint density at radius 1 is 0.889 bits per heavy atom. The molecule has 4 unspecified atom stereocenters. The largest absolute Gasteiger partial charge is 0.485 e. The summed E-state index contributed by atoms with van der Waals surface area (Å²) < 4.78 is 6.61. The molecule has 5 nitrogen and oxygen atoms in total. The molecule has 3 aliphatic heterocycles. The van der Waals surface area contributed by atoms with Crippen LogP contribution in [0.15, 0.2) is 116 Å². The average molecular weight is 593 g/mol. The van der Waals surface area contributed by atoms with Gasteiger partial charge < -0.3 is 14.5 Å². The van der Waals surface area contributed by atoms with E-state index in [0.29, 0.717) is 0 Å². The van der Waals surface area contributed by atoms with E-state index in [-0.39, 0.29) is 29.0 Å².